The van der Waals surface area contributed by atoms with Crippen molar-refractivity contribution in [3.8, 4) is 5.75 Å². The second-order valence-corrected chi connectivity index (χ2v) is 3.33. The van der Waals surface area contributed by atoms with Crippen LogP contribution >= 0.6 is 0 Å². The Morgan fingerprint density at radius 2 is 2.00 bits per heavy atom. The Hall–Kier alpha value is -1.45. The van der Waals surface area contributed by atoms with Crippen LogP contribution in [0.2, 0.25) is 0 Å². The molecule has 0 aliphatic heterocycles. The lowest BCUT2D eigenvalue weighted by Gasteiger charge is -2.17. The van der Waals surface area contributed by atoms with E-state index in [9.17, 15) is 13.6 Å². The minimum atomic E-state index is -3.09. The van der Waals surface area contributed by atoms with Gasteiger partial charge in [0.1, 0.15) is 5.75 Å². The fourth-order valence-corrected chi connectivity index (χ4v) is 1.45. The zero-order valence-electron chi connectivity index (χ0n) is 8.80. The molecule has 0 spiro atoms. The van der Waals surface area contributed by atoms with Gasteiger partial charge in [-0.15, -0.1) is 0 Å². The van der Waals surface area contributed by atoms with Gasteiger partial charge in [-0.05, 0) is 13.0 Å². The van der Waals surface area contributed by atoms with Gasteiger partial charge in [0.15, 0.2) is 5.78 Å². The van der Waals surface area contributed by atoms with E-state index in [0.29, 0.717) is 0 Å². The predicted octanol–water partition coefficient (Wildman–Crippen LogP) is 3.01. The molecule has 0 bridgehead atoms. The van der Waals surface area contributed by atoms with E-state index in [1.165, 1.54) is 32.2 Å². The SMILES string of the molecule is COc1cccc(C(C)=O)c1C(C)(F)F. The second kappa shape index (κ2) is 3.96. The summed E-state index contributed by atoms with van der Waals surface area (Å²) in [6.45, 7) is 2.00. The van der Waals surface area contributed by atoms with Crippen LogP contribution in [0.5, 0.6) is 5.75 Å². The molecule has 0 amide bonds. The molecule has 0 radical (unpaired) electrons. The largest absolute Gasteiger partial charge is 0.496 e. The quantitative estimate of drug-likeness (QED) is 0.723. The highest BCUT2D eigenvalue weighted by atomic mass is 19.3. The molecule has 0 heterocycles. The Morgan fingerprint density at radius 1 is 1.40 bits per heavy atom. The maximum Gasteiger partial charge on any atom is 0.274 e. The molecule has 0 fully saturated rings. The smallest absolute Gasteiger partial charge is 0.274 e. The molecular formula is C11H12F2O2. The van der Waals surface area contributed by atoms with E-state index in [2.05, 4.69) is 0 Å². The van der Waals surface area contributed by atoms with Crippen molar-refractivity contribution < 1.29 is 18.3 Å². The number of Topliss-reactive ketones (excluding diaryl/α,β-unsaturated/α-hetero) is 1. The van der Waals surface area contributed by atoms with Crippen LogP contribution in [-0.2, 0) is 5.92 Å². The number of methoxy groups -OCH3 is 1. The number of ether oxygens (including phenoxy) is 1. The number of alkyl halides is 2. The van der Waals surface area contributed by atoms with Crippen LogP contribution in [0.25, 0.3) is 0 Å². The summed E-state index contributed by atoms with van der Waals surface area (Å²) in [7, 11) is 1.30. The maximum atomic E-state index is 13.3. The van der Waals surface area contributed by atoms with Crippen LogP contribution in [0.15, 0.2) is 18.2 Å². The molecule has 0 unspecified atom stereocenters. The number of rotatable bonds is 3. The van der Waals surface area contributed by atoms with Crippen molar-refractivity contribution >= 4 is 5.78 Å². The highest BCUT2D eigenvalue weighted by molar-refractivity contribution is 5.96. The molecule has 0 saturated carbocycles. The monoisotopic (exact) mass is 214 g/mol. The summed E-state index contributed by atoms with van der Waals surface area (Å²) < 4.78 is 31.4. The number of ketones is 1. The average molecular weight is 214 g/mol. The van der Waals surface area contributed by atoms with Gasteiger partial charge in [0.05, 0.1) is 12.7 Å². The number of carbonyl (C=O) groups is 1. The first-order chi connectivity index (χ1) is 6.88. The number of benzene rings is 1. The van der Waals surface area contributed by atoms with Gasteiger partial charge in [0, 0.05) is 12.5 Å². The Kier molecular flexibility index (Phi) is 3.07. The summed E-state index contributed by atoms with van der Waals surface area (Å²) in [4.78, 5) is 11.2. The summed E-state index contributed by atoms with van der Waals surface area (Å²) in [6, 6.07) is 4.31. The molecule has 15 heavy (non-hydrogen) atoms. The normalized spacial score (nSPS) is 11.3. The fraction of sp³-hybridized carbons (Fsp3) is 0.364. The molecule has 4 heteroatoms. The molecular weight excluding hydrogens is 202 g/mol. The minimum absolute atomic E-state index is 0.00171. The summed E-state index contributed by atoms with van der Waals surface area (Å²) in [5, 5.41) is 0. The molecule has 0 aliphatic rings. The molecule has 0 N–H and O–H groups in total. The third kappa shape index (κ3) is 2.32. The van der Waals surface area contributed by atoms with Gasteiger partial charge in [-0.25, -0.2) is 8.78 Å². The van der Waals surface area contributed by atoms with Crippen LogP contribution in [0, 0.1) is 0 Å². The second-order valence-electron chi connectivity index (χ2n) is 3.33. The lowest BCUT2D eigenvalue weighted by molar-refractivity contribution is 0.0141. The number of halogens is 2. The van der Waals surface area contributed by atoms with Gasteiger partial charge in [-0.1, -0.05) is 12.1 Å². The topological polar surface area (TPSA) is 26.3 Å². The van der Waals surface area contributed by atoms with Gasteiger partial charge in [0.25, 0.3) is 5.92 Å². The Morgan fingerprint density at radius 3 is 2.40 bits per heavy atom. The summed E-state index contributed by atoms with van der Waals surface area (Å²) in [5.41, 5.74) is -0.346. The highest BCUT2D eigenvalue weighted by Crippen LogP contribution is 2.37. The van der Waals surface area contributed by atoms with Crippen molar-refractivity contribution in [2.24, 2.45) is 0 Å². The van der Waals surface area contributed by atoms with Gasteiger partial charge in [0.2, 0.25) is 0 Å². The highest BCUT2D eigenvalue weighted by Gasteiger charge is 2.32. The van der Waals surface area contributed by atoms with Crippen molar-refractivity contribution in [1.82, 2.24) is 0 Å². The molecule has 1 aromatic rings. The third-order valence-corrected chi connectivity index (χ3v) is 2.06. The first-order valence-corrected chi connectivity index (χ1v) is 4.44. The summed E-state index contributed by atoms with van der Waals surface area (Å²) in [5.74, 6) is -3.45. The molecule has 0 aliphatic carbocycles. The standard InChI is InChI=1S/C11H12F2O2/c1-7(14)8-5-4-6-9(15-3)10(8)11(2,12)13/h4-6H,1-3H3. The summed E-state index contributed by atoms with van der Waals surface area (Å²) in [6.07, 6.45) is 0. The van der Waals surface area contributed by atoms with Gasteiger partial charge < -0.3 is 4.74 Å². The van der Waals surface area contributed by atoms with Crippen molar-refractivity contribution in [3.05, 3.63) is 29.3 Å². The average Bonchev–Trinajstić information content (AvgIpc) is 2.15. The maximum absolute atomic E-state index is 13.3. The fourth-order valence-electron chi connectivity index (χ4n) is 1.45. The molecule has 0 atom stereocenters. The zero-order chi connectivity index (χ0) is 11.6. The van der Waals surface area contributed by atoms with Crippen LogP contribution in [-0.4, -0.2) is 12.9 Å². The van der Waals surface area contributed by atoms with Crippen molar-refractivity contribution in [3.63, 3.8) is 0 Å². The Labute approximate surface area is 86.9 Å². The van der Waals surface area contributed by atoms with Crippen LogP contribution < -0.4 is 4.74 Å². The van der Waals surface area contributed by atoms with Crippen molar-refractivity contribution in [2.45, 2.75) is 19.8 Å². The number of hydrogen-bond donors (Lipinski definition) is 0. The van der Waals surface area contributed by atoms with E-state index < -0.39 is 11.7 Å². The molecule has 0 saturated heterocycles. The third-order valence-electron chi connectivity index (χ3n) is 2.06. The Bertz CT molecular complexity index is 381. The predicted molar refractivity (Wildman–Crippen MR) is 52.6 cm³/mol. The van der Waals surface area contributed by atoms with Gasteiger partial charge in [-0.2, -0.15) is 0 Å². The molecule has 1 aromatic carbocycles. The summed E-state index contributed by atoms with van der Waals surface area (Å²) >= 11 is 0. The minimum Gasteiger partial charge on any atom is -0.496 e. The first kappa shape index (κ1) is 11.6. The van der Waals surface area contributed by atoms with E-state index in [4.69, 9.17) is 4.74 Å². The number of carbonyl (C=O) groups excluding carboxylic acids is 1. The number of hydrogen-bond acceptors (Lipinski definition) is 2. The lowest BCUT2D eigenvalue weighted by atomic mass is 9.99. The lowest BCUT2D eigenvalue weighted by Crippen LogP contribution is -2.14. The van der Waals surface area contributed by atoms with Gasteiger partial charge >= 0.3 is 0 Å². The van der Waals surface area contributed by atoms with E-state index in [0.717, 1.165) is 6.92 Å². The Balaban J connectivity index is 3.47. The first-order valence-electron chi connectivity index (χ1n) is 4.44. The van der Waals surface area contributed by atoms with Crippen LogP contribution in [0.1, 0.15) is 29.8 Å². The van der Waals surface area contributed by atoms with Crippen LogP contribution in [0.4, 0.5) is 8.78 Å². The molecule has 0 aromatic heterocycles. The van der Waals surface area contributed by atoms with E-state index in [-0.39, 0.29) is 16.9 Å². The van der Waals surface area contributed by atoms with Crippen molar-refractivity contribution in [1.29, 1.82) is 0 Å². The van der Waals surface area contributed by atoms with Crippen molar-refractivity contribution in [2.75, 3.05) is 7.11 Å². The van der Waals surface area contributed by atoms with E-state index in [1.807, 2.05) is 0 Å². The van der Waals surface area contributed by atoms with E-state index in [1.54, 1.807) is 0 Å². The van der Waals surface area contributed by atoms with E-state index >= 15 is 0 Å². The molecule has 82 valence electrons. The molecule has 1 rings (SSSR count). The molecule has 2 nitrogen and oxygen atoms in total. The van der Waals surface area contributed by atoms with Crippen LogP contribution in [0.3, 0.4) is 0 Å². The zero-order valence-corrected chi connectivity index (χ0v) is 8.80. The van der Waals surface area contributed by atoms with Gasteiger partial charge in [-0.3, -0.25) is 4.79 Å².